The summed E-state index contributed by atoms with van der Waals surface area (Å²) < 4.78 is 46.7. The third-order valence-electron chi connectivity index (χ3n) is 9.22. The molecule has 4 aromatic rings. The summed E-state index contributed by atoms with van der Waals surface area (Å²) in [6.07, 6.45) is -5.20. The Morgan fingerprint density at radius 2 is 0.700 bits per heavy atom. The molecular formula is C40H44O10. The van der Waals surface area contributed by atoms with Crippen molar-refractivity contribution in [3.8, 4) is 0 Å². The van der Waals surface area contributed by atoms with Crippen molar-refractivity contribution in [3.63, 3.8) is 0 Å². The van der Waals surface area contributed by atoms with Gasteiger partial charge in [-0.15, -0.1) is 0 Å². The van der Waals surface area contributed by atoms with Crippen molar-refractivity contribution in [1.29, 1.82) is 0 Å². The lowest BCUT2D eigenvalue weighted by Gasteiger charge is -2.38. The largest absolute Gasteiger partial charge is 0.385 e. The topological polar surface area (TPSA) is 114 Å². The van der Waals surface area contributed by atoms with Crippen molar-refractivity contribution >= 4 is 0 Å². The molecule has 4 aromatic carbocycles. The van der Waals surface area contributed by atoms with E-state index in [2.05, 4.69) is 0 Å². The molecule has 0 amide bonds. The van der Waals surface area contributed by atoms with Crippen LogP contribution < -0.4 is 0 Å². The number of rotatable bonds is 12. The van der Waals surface area contributed by atoms with Crippen LogP contribution >= 0.6 is 0 Å². The van der Waals surface area contributed by atoms with Gasteiger partial charge in [-0.05, 0) is 22.3 Å². The highest BCUT2D eigenvalue weighted by Crippen LogP contribution is 2.34. The molecule has 0 radical (unpaired) electrons. The Kier molecular flexibility index (Phi) is 12.0. The fourth-order valence-corrected chi connectivity index (χ4v) is 6.56. The van der Waals surface area contributed by atoms with Gasteiger partial charge in [0.25, 0.3) is 0 Å². The van der Waals surface area contributed by atoms with Crippen LogP contribution in [0.4, 0.5) is 0 Å². The summed E-state index contributed by atoms with van der Waals surface area (Å²) in [6.45, 7) is 2.51. The van der Waals surface area contributed by atoms with Crippen LogP contribution in [0.3, 0.4) is 0 Å². The van der Waals surface area contributed by atoms with Gasteiger partial charge in [-0.1, -0.05) is 121 Å². The average Bonchev–Trinajstić information content (AvgIpc) is 3.82. The van der Waals surface area contributed by atoms with E-state index in [1.165, 1.54) is 0 Å². The predicted octanol–water partition coefficient (Wildman–Crippen LogP) is 4.55. The highest BCUT2D eigenvalue weighted by Gasteiger charge is 2.52. The molecule has 4 aliphatic rings. The molecule has 8 rings (SSSR count). The van der Waals surface area contributed by atoms with E-state index >= 15 is 0 Å². The minimum Gasteiger partial charge on any atom is -0.385 e. The quantitative estimate of drug-likeness (QED) is 0.221. The number of aliphatic hydroxyl groups excluding tert-OH is 2. The normalized spacial score (nSPS) is 31.2. The van der Waals surface area contributed by atoms with Gasteiger partial charge in [0.05, 0.1) is 39.6 Å². The number of hydrogen-bond acceptors (Lipinski definition) is 10. The summed E-state index contributed by atoms with van der Waals surface area (Å²) in [5.74, 6) is 0. The van der Waals surface area contributed by atoms with Gasteiger partial charge < -0.3 is 48.1 Å². The molecule has 0 aliphatic carbocycles. The average molecular weight is 685 g/mol. The molecule has 50 heavy (non-hydrogen) atoms. The van der Waals surface area contributed by atoms with Crippen molar-refractivity contribution in [2.75, 3.05) is 13.2 Å². The summed E-state index contributed by atoms with van der Waals surface area (Å²) in [6, 6.07) is 39.7. The van der Waals surface area contributed by atoms with Gasteiger partial charge in [-0.2, -0.15) is 0 Å². The zero-order valence-corrected chi connectivity index (χ0v) is 27.7. The van der Waals surface area contributed by atoms with Gasteiger partial charge >= 0.3 is 0 Å². The van der Waals surface area contributed by atoms with Crippen LogP contribution in [0.5, 0.6) is 0 Å². The Morgan fingerprint density at radius 3 is 1.00 bits per heavy atom. The monoisotopic (exact) mass is 684 g/mol. The second kappa shape index (κ2) is 17.1. The zero-order chi connectivity index (χ0) is 34.1. The molecule has 2 N–H and O–H groups in total. The first-order valence-corrected chi connectivity index (χ1v) is 17.1. The first kappa shape index (κ1) is 34.9. The van der Waals surface area contributed by atoms with E-state index in [1.807, 2.05) is 121 Å². The van der Waals surface area contributed by atoms with Crippen LogP contribution in [0, 0.1) is 0 Å². The SMILES string of the molecule is O[C@@H]1[C@@H]2OC[C@@H](O2)[C@@H](OCc2ccccc2)[C@@H]1OCc1ccccc1.O[C@@H]1[C@@H]2OC[C@@H](O2)[C@@H](OCc2ccccc2)[C@@H]1OCc1ccccc1. The van der Waals surface area contributed by atoms with Crippen molar-refractivity contribution in [3.05, 3.63) is 144 Å². The molecule has 0 unspecified atom stereocenters. The summed E-state index contributed by atoms with van der Waals surface area (Å²) in [5.41, 5.74) is 4.24. The van der Waals surface area contributed by atoms with Crippen molar-refractivity contribution in [1.82, 2.24) is 0 Å². The van der Waals surface area contributed by atoms with Gasteiger partial charge in [0, 0.05) is 0 Å². The van der Waals surface area contributed by atoms with Crippen LogP contribution in [0.25, 0.3) is 0 Å². The highest BCUT2D eigenvalue weighted by molar-refractivity contribution is 5.16. The number of hydrogen-bond donors (Lipinski definition) is 2. The lowest BCUT2D eigenvalue weighted by molar-refractivity contribution is -0.254. The lowest BCUT2D eigenvalue weighted by atomic mass is 10.0. The van der Waals surface area contributed by atoms with Crippen LogP contribution in [-0.2, 0) is 64.3 Å². The van der Waals surface area contributed by atoms with Gasteiger partial charge in [0.2, 0.25) is 0 Å². The summed E-state index contributed by atoms with van der Waals surface area (Å²) >= 11 is 0. The number of benzene rings is 4. The Morgan fingerprint density at radius 1 is 0.420 bits per heavy atom. The molecular weight excluding hydrogens is 640 g/mol. The third-order valence-corrected chi connectivity index (χ3v) is 9.22. The standard InChI is InChI=1S/2C20H22O5/c2*21-17-19(23-12-15-9-5-2-6-10-15)18(16-13-24-20(17)25-16)22-11-14-7-3-1-4-8-14/h2*1-10,16-21H,11-13H2/t2*16-,17+,18-,19-,20-/m11/s1. The fraction of sp³-hybridized carbons (Fsp3) is 0.400. The fourth-order valence-electron chi connectivity index (χ4n) is 6.56. The van der Waals surface area contributed by atoms with E-state index in [1.54, 1.807) is 0 Å². The second-order valence-corrected chi connectivity index (χ2v) is 12.8. The summed E-state index contributed by atoms with van der Waals surface area (Å²) in [7, 11) is 0. The van der Waals surface area contributed by atoms with Gasteiger partial charge in [0.15, 0.2) is 12.6 Å². The van der Waals surface area contributed by atoms with Crippen LogP contribution in [0.2, 0.25) is 0 Å². The lowest BCUT2D eigenvalue weighted by Crippen LogP contribution is -2.55. The van der Waals surface area contributed by atoms with Crippen LogP contribution in [-0.4, -0.2) is 84.8 Å². The van der Waals surface area contributed by atoms with Crippen LogP contribution in [0.1, 0.15) is 22.3 Å². The predicted molar refractivity (Wildman–Crippen MR) is 181 cm³/mol. The molecule has 10 nitrogen and oxygen atoms in total. The van der Waals surface area contributed by atoms with E-state index in [4.69, 9.17) is 37.9 Å². The van der Waals surface area contributed by atoms with E-state index in [0.717, 1.165) is 22.3 Å². The molecule has 0 spiro atoms. The molecule has 4 fully saturated rings. The Hall–Kier alpha value is -3.52. The maximum atomic E-state index is 10.5. The number of fused-ring (bicyclic) bond motifs is 4. The Balaban J connectivity index is 0.000000157. The Labute approximate surface area is 292 Å². The van der Waals surface area contributed by atoms with E-state index < -0.39 is 37.0 Å². The third kappa shape index (κ3) is 8.67. The molecule has 264 valence electrons. The smallest absolute Gasteiger partial charge is 0.186 e. The second-order valence-electron chi connectivity index (χ2n) is 12.8. The van der Waals surface area contributed by atoms with Crippen molar-refractivity contribution in [2.45, 2.75) is 87.8 Å². The molecule has 10 heteroatoms. The van der Waals surface area contributed by atoms with Gasteiger partial charge in [0.1, 0.15) is 48.8 Å². The number of ether oxygens (including phenoxy) is 8. The minimum atomic E-state index is -0.872. The van der Waals surface area contributed by atoms with Gasteiger partial charge in [-0.25, -0.2) is 0 Å². The van der Waals surface area contributed by atoms with Crippen LogP contribution in [0.15, 0.2) is 121 Å². The number of aliphatic hydroxyl groups is 2. The van der Waals surface area contributed by atoms with Crippen molar-refractivity contribution in [2.24, 2.45) is 0 Å². The molecule has 4 aliphatic heterocycles. The van der Waals surface area contributed by atoms with E-state index in [-0.39, 0.29) is 24.4 Å². The molecule has 0 saturated carbocycles. The first-order chi connectivity index (χ1) is 24.6. The zero-order valence-electron chi connectivity index (χ0n) is 27.7. The maximum absolute atomic E-state index is 10.5. The van der Waals surface area contributed by atoms with Gasteiger partial charge in [-0.3, -0.25) is 0 Å². The molecule has 10 atom stereocenters. The maximum Gasteiger partial charge on any atom is 0.186 e. The van der Waals surface area contributed by atoms with Crippen molar-refractivity contribution < 1.29 is 48.1 Å². The molecule has 4 heterocycles. The first-order valence-electron chi connectivity index (χ1n) is 17.1. The molecule has 4 bridgehead atoms. The van der Waals surface area contributed by atoms with E-state index in [9.17, 15) is 10.2 Å². The summed E-state index contributed by atoms with van der Waals surface area (Å²) in [5, 5.41) is 21.1. The minimum absolute atomic E-state index is 0.224. The highest BCUT2D eigenvalue weighted by atomic mass is 16.8. The molecule has 0 aromatic heterocycles. The summed E-state index contributed by atoms with van der Waals surface area (Å²) in [4.78, 5) is 0. The molecule has 4 saturated heterocycles. The van der Waals surface area contributed by atoms with E-state index in [0.29, 0.717) is 39.6 Å². The Bertz CT molecular complexity index is 1360.